The lowest BCUT2D eigenvalue weighted by Gasteiger charge is -2.26. The van der Waals surface area contributed by atoms with Gasteiger partial charge in [-0.05, 0) is 53.5 Å². The van der Waals surface area contributed by atoms with Crippen molar-refractivity contribution >= 4 is 45.2 Å². The molecule has 0 N–H and O–H groups in total. The summed E-state index contributed by atoms with van der Waals surface area (Å²) in [5.74, 6) is 1.44. The highest BCUT2D eigenvalue weighted by molar-refractivity contribution is 9.10. The number of carbonyl (C=O) groups excluding carboxylic acids is 1. The number of aromatic nitrogens is 1. The Morgan fingerprint density at radius 3 is 2.76 bits per heavy atom. The second kappa shape index (κ2) is 10.7. The fourth-order valence-electron chi connectivity index (χ4n) is 4.46. The predicted molar refractivity (Wildman–Crippen MR) is 143 cm³/mol. The molecule has 0 aliphatic carbocycles. The molecule has 1 aromatic carbocycles. The van der Waals surface area contributed by atoms with Crippen LogP contribution in [0, 0.1) is 0 Å². The van der Waals surface area contributed by atoms with E-state index in [1.807, 2.05) is 24.3 Å². The molecule has 1 saturated heterocycles. The molecule has 2 aromatic heterocycles. The second-order valence-electron chi connectivity index (χ2n) is 8.47. The molecule has 0 saturated carbocycles. The Labute approximate surface area is 225 Å². The summed E-state index contributed by atoms with van der Waals surface area (Å²) in [6.45, 7) is 6.52. The number of morpholine rings is 1. The van der Waals surface area contributed by atoms with Crippen molar-refractivity contribution in [2.24, 2.45) is 4.99 Å². The van der Waals surface area contributed by atoms with E-state index >= 15 is 0 Å². The fourth-order valence-corrected chi connectivity index (χ4v) is 6.05. The number of rotatable bonds is 6. The van der Waals surface area contributed by atoms with Crippen molar-refractivity contribution < 1.29 is 23.4 Å². The van der Waals surface area contributed by atoms with Crippen LogP contribution in [-0.2, 0) is 14.3 Å². The zero-order valence-electron chi connectivity index (χ0n) is 20.7. The molecule has 2 aliphatic rings. The third-order valence-corrected chi connectivity index (χ3v) is 7.82. The molecule has 3 aromatic rings. The zero-order valence-corrected chi connectivity index (χ0v) is 23.1. The maximum absolute atomic E-state index is 13.8. The van der Waals surface area contributed by atoms with Crippen LogP contribution in [0.25, 0.3) is 6.08 Å². The van der Waals surface area contributed by atoms with E-state index in [4.69, 9.17) is 18.6 Å². The van der Waals surface area contributed by atoms with Crippen molar-refractivity contribution in [2.75, 3.05) is 44.9 Å². The normalized spacial score (nSPS) is 18.0. The average Bonchev–Trinajstić information content (AvgIpc) is 3.48. The number of fused-ring (bicyclic) bond motifs is 1. The van der Waals surface area contributed by atoms with Gasteiger partial charge in [0, 0.05) is 25.2 Å². The van der Waals surface area contributed by atoms with Crippen molar-refractivity contribution in [1.82, 2.24) is 4.57 Å². The molecule has 0 bridgehead atoms. The third kappa shape index (κ3) is 4.90. The van der Waals surface area contributed by atoms with Crippen LogP contribution >= 0.6 is 27.3 Å². The van der Waals surface area contributed by atoms with E-state index in [1.165, 1.54) is 11.3 Å². The van der Waals surface area contributed by atoms with E-state index < -0.39 is 12.0 Å². The summed E-state index contributed by atoms with van der Waals surface area (Å²) in [6.07, 6.45) is 1.72. The minimum absolute atomic E-state index is 0.211. The second-order valence-corrected chi connectivity index (χ2v) is 10.3. The number of anilines is 1. The highest BCUT2D eigenvalue weighted by Crippen LogP contribution is 2.35. The minimum atomic E-state index is -0.708. The number of ether oxygens (including phenoxy) is 3. The fraction of sp³-hybridized carbons (Fsp3) is 0.346. The molecule has 1 atom stereocenters. The standard InChI is InChI=1S/C26H26BrN3O6S/c1-4-35-25(32)22-15(2)28-26-30(23(22)16-5-7-19(33-3)18(27)13-16)24(31)20(37-26)14-17-6-8-21(36-17)29-9-11-34-12-10-29/h5-8,13-14,23H,4,9-12H2,1-3H3/b20-14+/t23-/m1/s1. The van der Waals surface area contributed by atoms with Crippen LogP contribution in [0.1, 0.15) is 31.2 Å². The van der Waals surface area contributed by atoms with Gasteiger partial charge in [0.05, 0.1) is 53.2 Å². The van der Waals surface area contributed by atoms with Gasteiger partial charge in [0.25, 0.3) is 5.56 Å². The van der Waals surface area contributed by atoms with Gasteiger partial charge in [0.1, 0.15) is 11.5 Å². The summed E-state index contributed by atoms with van der Waals surface area (Å²) in [5.41, 5.74) is 1.30. The Morgan fingerprint density at radius 2 is 2.05 bits per heavy atom. The smallest absolute Gasteiger partial charge is 0.338 e. The molecule has 0 unspecified atom stereocenters. The summed E-state index contributed by atoms with van der Waals surface area (Å²) in [6, 6.07) is 8.51. The van der Waals surface area contributed by atoms with E-state index in [0.29, 0.717) is 49.8 Å². The number of hydrogen-bond acceptors (Lipinski definition) is 9. The van der Waals surface area contributed by atoms with Crippen LogP contribution in [0.2, 0.25) is 0 Å². The van der Waals surface area contributed by atoms with Crippen LogP contribution < -0.4 is 24.5 Å². The Bertz CT molecular complexity index is 1550. The number of halogens is 1. The first-order chi connectivity index (χ1) is 17.9. The molecular weight excluding hydrogens is 562 g/mol. The van der Waals surface area contributed by atoms with Gasteiger partial charge in [-0.2, -0.15) is 0 Å². The molecule has 2 aliphatic heterocycles. The number of hydrogen-bond donors (Lipinski definition) is 0. The number of nitrogens with zero attached hydrogens (tertiary/aromatic N) is 3. The molecule has 194 valence electrons. The van der Waals surface area contributed by atoms with Crippen LogP contribution in [0.15, 0.2) is 60.3 Å². The minimum Gasteiger partial charge on any atom is -0.496 e. The maximum Gasteiger partial charge on any atom is 0.338 e. The van der Waals surface area contributed by atoms with Gasteiger partial charge in [0.2, 0.25) is 0 Å². The van der Waals surface area contributed by atoms with E-state index in [-0.39, 0.29) is 12.2 Å². The number of allylic oxidation sites excluding steroid dienone is 1. The number of methoxy groups -OCH3 is 1. The summed E-state index contributed by atoms with van der Waals surface area (Å²) >= 11 is 4.78. The average molecular weight is 588 g/mol. The molecule has 37 heavy (non-hydrogen) atoms. The first-order valence-corrected chi connectivity index (χ1v) is 13.5. The topological polar surface area (TPSA) is 95.5 Å². The Morgan fingerprint density at radius 1 is 1.27 bits per heavy atom. The van der Waals surface area contributed by atoms with Gasteiger partial charge in [-0.3, -0.25) is 9.36 Å². The molecule has 0 radical (unpaired) electrons. The van der Waals surface area contributed by atoms with Crippen LogP contribution in [0.5, 0.6) is 5.75 Å². The predicted octanol–water partition coefficient (Wildman–Crippen LogP) is 3.00. The number of carbonyl (C=O) groups is 1. The largest absolute Gasteiger partial charge is 0.496 e. The van der Waals surface area contributed by atoms with Crippen LogP contribution in [-0.4, -0.2) is 50.6 Å². The lowest BCUT2D eigenvalue weighted by molar-refractivity contribution is -0.139. The SMILES string of the molecule is CCOC(=O)C1=C(C)N=c2s/c(=C/c3ccc(N4CCOCC4)o3)c(=O)n2[C@@H]1c1ccc(OC)c(Br)c1. The van der Waals surface area contributed by atoms with E-state index in [2.05, 4.69) is 25.8 Å². The first kappa shape index (κ1) is 25.5. The van der Waals surface area contributed by atoms with Crippen molar-refractivity contribution in [3.05, 3.63) is 77.1 Å². The Kier molecular flexibility index (Phi) is 7.36. The molecule has 1 fully saturated rings. The molecule has 0 amide bonds. The van der Waals surface area contributed by atoms with Crippen molar-refractivity contribution in [3.8, 4) is 5.75 Å². The van der Waals surface area contributed by atoms with E-state index in [0.717, 1.165) is 24.5 Å². The molecular formula is C26H26BrN3O6S. The summed E-state index contributed by atoms with van der Waals surface area (Å²) < 4.78 is 24.9. The van der Waals surface area contributed by atoms with Gasteiger partial charge in [0.15, 0.2) is 10.7 Å². The van der Waals surface area contributed by atoms with Gasteiger partial charge in [-0.15, -0.1) is 0 Å². The number of benzene rings is 1. The Balaban J connectivity index is 1.62. The highest BCUT2D eigenvalue weighted by Gasteiger charge is 2.33. The molecule has 4 heterocycles. The first-order valence-electron chi connectivity index (χ1n) is 11.9. The maximum atomic E-state index is 13.8. The van der Waals surface area contributed by atoms with Crippen molar-refractivity contribution in [3.63, 3.8) is 0 Å². The highest BCUT2D eigenvalue weighted by atomic mass is 79.9. The molecule has 11 heteroatoms. The monoisotopic (exact) mass is 587 g/mol. The lowest BCUT2D eigenvalue weighted by Crippen LogP contribution is -2.39. The zero-order chi connectivity index (χ0) is 26.1. The van der Waals surface area contributed by atoms with Gasteiger partial charge in [-0.1, -0.05) is 17.4 Å². The van der Waals surface area contributed by atoms with Crippen molar-refractivity contribution in [2.45, 2.75) is 19.9 Å². The number of esters is 1. The lowest BCUT2D eigenvalue weighted by atomic mass is 9.96. The van der Waals surface area contributed by atoms with Crippen LogP contribution in [0.4, 0.5) is 5.88 Å². The third-order valence-electron chi connectivity index (χ3n) is 6.22. The Hall–Kier alpha value is -3.15. The van der Waals surface area contributed by atoms with Gasteiger partial charge < -0.3 is 23.5 Å². The molecule has 9 nitrogen and oxygen atoms in total. The summed E-state index contributed by atoms with van der Waals surface area (Å²) in [4.78, 5) is 34.0. The van der Waals surface area contributed by atoms with Gasteiger partial charge in [-0.25, -0.2) is 9.79 Å². The van der Waals surface area contributed by atoms with Crippen molar-refractivity contribution in [1.29, 1.82) is 0 Å². The molecule has 5 rings (SSSR count). The summed E-state index contributed by atoms with van der Waals surface area (Å²) in [7, 11) is 1.58. The van der Waals surface area contributed by atoms with Crippen LogP contribution in [0.3, 0.4) is 0 Å². The number of furan rings is 1. The van der Waals surface area contributed by atoms with E-state index in [1.54, 1.807) is 37.7 Å². The quantitative estimate of drug-likeness (QED) is 0.409. The summed E-state index contributed by atoms with van der Waals surface area (Å²) in [5, 5.41) is 0. The number of thiazole rings is 1. The molecule has 0 spiro atoms. The van der Waals surface area contributed by atoms with Gasteiger partial charge >= 0.3 is 5.97 Å². The van der Waals surface area contributed by atoms with E-state index in [9.17, 15) is 9.59 Å².